The summed E-state index contributed by atoms with van der Waals surface area (Å²) in [5.41, 5.74) is 0.905. The molecular weight excluding hydrogens is 396 g/mol. The Morgan fingerprint density at radius 2 is 1.77 bits per heavy atom. The molecule has 0 bridgehead atoms. The van der Waals surface area contributed by atoms with E-state index in [0.717, 1.165) is 11.3 Å². The number of benzene rings is 2. The minimum Gasteiger partial charge on any atom is -0.494 e. The first-order chi connectivity index (χ1) is 14.8. The number of esters is 1. The molecule has 0 saturated heterocycles. The van der Waals surface area contributed by atoms with E-state index in [4.69, 9.17) is 9.47 Å². The molecule has 1 aliphatic rings. The number of carbonyl (C=O) groups excluding carboxylic acids is 3. The van der Waals surface area contributed by atoms with Gasteiger partial charge in [-0.05, 0) is 57.9 Å². The number of para-hydroxylation sites is 3. The molecule has 1 aliphatic heterocycles. The Labute approximate surface area is 182 Å². The van der Waals surface area contributed by atoms with E-state index in [0.29, 0.717) is 24.4 Å². The smallest absolute Gasteiger partial charge is 0.306 e. The van der Waals surface area contributed by atoms with E-state index in [1.54, 1.807) is 38.1 Å². The Morgan fingerprint density at radius 1 is 1.10 bits per heavy atom. The third-order valence-electron chi connectivity index (χ3n) is 5.26. The fourth-order valence-electron chi connectivity index (χ4n) is 3.58. The van der Waals surface area contributed by atoms with E-state index in [2.05, 4.69) is 5.32 Å². The summed E-state index contributed by atoms with van der Waals surface area (Å²) in [7, 11) is 0. The Hall–Kier alpha value is -3.35. The average Bonchev–Trinajstić information content (AvgIpc) is 2.73. The highest BCUT2D eigenvalue weighted by Gasteiger charge is 2.45. The summed E-state index contributed by atoms with van der Waals surface area (Å²) in [5, 5.41) is 2.82. The number of nitrogens with one attached hydrogen (secondary N) is 1. The first-order valence-corrected chi connectivity index (χ1v) is 10.4. The molecule has 0 unspecified atom stereocenters. The van der Waals surface area contributed by atoms with Gasteiger partial charge in [0, 0.05) is 6.42 Å². The number of amides is 2. The van der Waals surface area contributed by atoms with Crippen molar-refractivity contribution in [3.05, 3.63) is 54.1 Å². The third-order valence-corrected chi connectivity index (χ3v) is 5.26. The van der Waals surface area contributed by atoms with Crippen LogP contribution < -0.4 is 15.0 Å². The van der Waals surface area contributed by atoms with Gasteiger partial charge in [-0.2, -0.15) is 0 Å². The highest BCUT2D eigenvalue weighted by Crippen LogP contribution is 2.37. The van der Waals surface area contributed by atoms with Gasteiger partial charge in [0.15, 0.2) is 6.10 Å². The normalized spacial score (nSPS) is 15.5. The first kappa shape index (κ1) is 22.3. The number of hydrogen-bond acceptors (Lipinski definition) is 5. The number of hydrogen-bond donors (Lipinski definition) is 1. The van der Waals surface area contributed by atoms with Gasteiger partial charge >= 0.3 is 5.97 Å². The lowest BCUT2D eigenvalue weighted by Gasteiger charge is -2.42. The minimum atomic E-state index is -1.12. The molecular formula is C24H28N2O5. The molecule has 31 heavy (non-hydrogen) atoms. The molecule has 2 aromatic rings. The second-order valence-corrected chi connectivity index (χ2v) is 7.88. The molecule has 0 aliphatic carbocycles. The zero-order chi connectivity index (χ0) is 22.6. The van der Waals surface area contributed by atoms with Crippen LogP contribution in [0.5, 0.6) is 5.75 Å². The summed E-state index contributed by atoms with van der Waals surface area (Å²) in [6, 6.07) is 14.6. The first-order valence-electron chi connectivity index (χ1n) is 10.4. The fourth-order valence-corrected chi connectivity index (χ4v) is 3.58. The van der Waals surface area contributed by atoms with E-state index in [9.17, 15) is 14.4 Å². The number of carbonyl (C=O) groups is 3. The van der Waals surface area contributed by atoms with Crippen LogP contribution in [0.25, 0.3) is 0 Å². The van der Waals surface area contributed by atoms with E-state index in [-0.39, 0.29) is 12.3 Å². The average molecular weight is 424 g/mol. The molecule has 3 rings (SSSR count). The number of aryl methyl sites for hydroxylation is 1. The van der Waals surface area contributed by atoms with Crippen molar-refractivity contribution in [1.82, 2.24) is 0 Å². The predicted molar refractivity (Wildman–Crippen MR) is 118 cm³/mol. The molecule has 0 saturated carbocycles. The van der Waals surface area contributed by atoms with Gasteiger partial charge < -0.3 is 14.8 Å². The third kappa shape index (κ3) is 4.71. The maximum Gasteiger partial charge on any atom is 0.306 e. The van der Waals surface area contributed by atoms with Crippen LogP contribution in [0.3, 0.4) is 0 Å². The van der Waals surface area contributed by atoms with Gasteiger partial charge in [-0.15, -0.1) is 0 Å². The van der Waals surface area contributed by atoms with Crippen molar-refractivity contribution in [3.63, 3.8) is 0 Å². The zero-order valence-electron chi connectivity index (χ0n) is 18.3. The molecule has 2 amide bonds. The summed E-state index contributed by atoms with van der Waals surface area (Å²) in [6.07, 6.45) is -0.480. The molecule has 0 aromatic heterocycles. The van der Waals surface area contributed by atoms with Crippen molar-refractivity contribution in [3.8, 4) is 5.75 Å². The zero-order valence-corrected chi connectivity index (χ0v) is 18.3. The van der Waals surface area contributed by atoms with Gasteiger partial charge in [-0.1, -0.05) is 30.3 Å². The van der Waals surface area contributed by atoms with Crippen LogP contribution >= 0.6 is 0 Å². The van der Waals surface area contributed by atoms with Crippen LogP contribution in [0.4, 0.5) is 11.4 Å². The van der Waals surface area contributed by atoms with Crippen molar-refractivity contribution in [2.45, 2.75) is 52.2 Å². The topological polar surface area (TPSA) is 84.9 Å². The van der Waals surface area contributed by atoms with Crippen LogP contribution in [0, 0.1) is 0 Å². The van der Waals surface area contributed by atoms with Crippen LogP contribution in [0.2, 0.25) is 0 Å². The fraction of sp³-hybridized carbons (Fsp3) is 0.375. The standard InChI is InChI=1S/C24H28N2O5/c1-5-30-20-13-9-6-10-17(20)14-15-21(27)31-16(2)22(28)26-19-12-8-7-11-18(19)25-23(29)24(26,3)4/h6-13,16H,5,14-15H2,1-4H3,(H,25,29)/t16-/m0/s1. The highest BCUT2D eigenvalue weighted by atomic mass is 16.5. The second kappa shape index (κ2) is 9.20. The van der Waals surface area contributed by atoms with Crippen molar-refractivity contribution < 1.29 is 23.9 Å². The van der Waals surface area contributed by atoms with Crippen molar-refractivity contribution in [2.24, 2.45) is 0 Å². The van der Waals surface area contributed by atoms with Crippen LogP contribution in [-0.2, 0) is 25.5 Å². The van der Waals surface area contributed by atoms with E-state index in [1.165, 1.54) is 11.8 Å². The van der Waals surface area contributed by atoms with Gasteiger partial charge in [0.05, 0.1) is 18.0 Å². The quantitative estimate of drug-likeness (QED) is 0.685. The molecule has 7 heteroatoms. The van der Waals surface area contributed by atoms with Crippen LogP contribution in [-0.4, -0.2) is 36.0 Å². The summed E-state index contributed by atoms with van der Waals surface area (Å²) >= 11 is 0. The number of nitrogens with zero attached hydrogens (tertiary/aromatic N) is 1. The monoisotopic (exact) mass is 424 g/mol. The summed E-state index contributed by atoms with van der Waals surface area (Å²) < 4.78 is 11.0. The minimum absolute atomic E-state index is 0.113. The van der Waals surface area contributed by atoms with E-state index >= 15 is 0 Å². The number of ether oxygens (including phenoxy) is 2. The van der Waals surface area contributed by atoms with Crippen molar-refractivity contribution >= 4 is 29.2 Å². The molecule has 1 atom stereocenters. The molecule has 0 radical (unpaired) electrons. The van der Waals surface area contributed by atoms with Gasteiger partial charge in [-0.3, -0.25) is 19.3 Å². The lowest BCUT2D eigenvalue weighted by molar-refractivity contribution is -0.154. The Morgan fingerprint density at radius 3 is 2.52 bits per heavy atom. The molecule has 0 fully saturated rings. The molecule has 1 N–H and O–H groups in total. The van der Waals surface area contributed by atoms with Gasteiger partial charge in [0.25, 0.3) is 5.91 Å². The predicted octanol–water partition coefficient (Wildman–Crippen LogP) is 3.71. The molecule has 164 valence electrons. The lowest BCUT2D eigenvalue weighted by Crippen LogP contribution is -2.60. The maximum atomic E-state index is 13.2. The van der Waals surface area contributed by atoms with Crippen LogP contribution in [0.15, 0.2) is 48.5 Å². The Kier molecular flexibility index (Phi) is 6.63. The van der Waals surface area contributed by atoms with Gasteiger partial charge in [0.2, 0.25) is 5.91 Å². The Bertz CT molecular complexity index is 985. The number of rotatable bonds is 7. The number of fused-ring (bicyclic) bond motifs is 1. The van der Waals surface area contributed by atoms with Gasteiger partial charge in [0.1, 0.15) is 11.3 Å². The maximum absolute atomic E-state index is 13.2. The highest BCUT2D eigenvalue weighted by molar-refractivity contribution is 6.15. The number of anilines is 2. The summed E-state index contributed by atoms with van der Waals surface area (Å²) in [6.45, 7) is 7.29. The largest absolute Gasteiger partial charge is 0.494 e. The second-order valence-electron chi connectivity index (χ2n) is 7.88. The molecule has 7 nitrogen and oxygen atoms in total. The molecule has 1 heterocycles. The van der Waals surface area contributed by atoms with Gasteiger partial charge in [-0.25, -0.2) is 0 Å². The van der Waals surface area contributed by atoms with Crippen LogP contribution in [0.1, 0.15) is 39.7 Å². The van der Waals surface area contributed by atoms with Crippen molar-refractivity contribution in [1.29, 1.82) is 0 Å². The molecule has 2 aromatic carbocycles. The summed E-state index contributed by atoms with van der Waals surface area (Å²) in [5.74, 6) is -0.500. The van der Waals surface area contributed by atoms with E-state index in [1.807, 2.05) is 31.2 Å². The van der Waals surface area contributed by atoms with Crippen molar-refractivity contribution in [2.75, 3.05) is 16.8 Å². The Balaban J connectivity index is 1.69. The summed E-state index contributed by atoms with van der Waals surface area (Å²) in [4.78, 5) is 39.6. The lowest BCUT2D eigenvalue weighted by atomic mass is 9.95. The SMILES string of the molecule is CCOc1ccccc1CCC(=O)O[C@@H](C)C(=O)N1c2ccccc2NC(=O)C1(C)C. The van der Waals surface area contributed by atoms with E-state index < -0.39 is 23.5 Å². The molecule has 0 spiro atoms.